The summed E-state index contributed by atoms with van der Waals surface area (Å²) in [5.41, 5.74) is 0. The van der Waals surface area contributed by atoms with Crippen molar-refractivity contribution < 1.29 is 9.69 Å². The Kier molecular flexibility index (Phi) is 3.06. The zero-order chi connectivity index (χ0) is 8.97. The van der Waals surface area contributed by atoms with Gasteiger partial charge in [0.2, 0.25) is 5.91 Å². The lowest BCUT2D eigenvalue weighted by Crippen LogP contribution is -3.12. The van der Waals surface area contributed by atoms with E-state index < -0.39 is 0 Å². The zero-order valence-corrected chi connectivity index (χ0v) is 7.34. The molecule has 0 aromatic carbocycles. The third kappa shape index (κ3) is 2.21. The Morgan fingerprint density at radius 1 is 1.58 bits per heavy atom. The van der Waals surface area contributed by atoms with E-state index in [4.69, 9.17) is 5.26 Å². The number of likely N-dealkylation sites (N-methyl/N-ethyl adjacent to an activating group) is 1. The lowest BCUT2D eigenvalue weighted by molar-refractivity contribution is -0.883. The number of hydrogen-bond donors (Lipinski definition) is 1. The van der Waals surface area contributed by atoms with Crippen molar-refractivity contribution in [2.24, 2.45) is 0 Å². The van der Waals surface area contributed by atoms with Crippen molar-refractivity contribution in [3.63, 3.8) is 0 Å². The maximum Gasteiger partial charge on any atom is 0.237 e. The predicted octanol–water partition coefficient (Wildman–Crippen LogP) is -1.74. The Morgan fingerprint density at radius 2 is 2.17 bits per heavy atom. The number of nitrogens with one attached hydrogen (secondary N) is 1. The zero-order valence-electron chi connectivity index (χ0n) is 7.34. The molecule has 4 nitrogen and oxygen atoms in total. The molecule has 0 spiro atoms. The van der Waals surface area contributed by atoms with Gasteiger partial charge in [-0.1, -0.05) is 0 Å². The van der Waals surface area contributed by atoms with Gasteiger partial charge in [-0.2, -0.15) is 5.26 Å². The standard InChI is InChI=1S/C8H13N3O/c1-10-4-6-11(7-5-10)8(12)2-3-9/h2,4-7H2,1H3/p+1. The van der Waals surface area contributed by atoms with Crippen LogP contribution in [0.15, 0.2) is 0 Å². The molecule has 0 bridgehead atoms. The Bertz CT molecular complexity index is 201. The summed E-state index contributed by atoms with van der Waals surface area (Å²) in [4.78, 5) is 14.4. The fourth-order valence-electron chi connectivity index (χ4n) is 1.32. The second-order valence-corrected chi connectivity index (χ2v) is 3.17. The Labute approximate surface area is 72.4 Å². The lowest BCUT2D eigenvalue weighted by atomic mass is 10.3. The smallest absolute Gasteiger partial charge is 0.237 e. The van der Waals surface area contributed by atoms with E-state index in [9.17, 15) is 4.79 Å². The van der Waals surface area contributed by atoms with Crippen LogP contribution in [0.25, 0.3) is 0 Å². The summed E-state index contributed by atoms with van der Waals surface area (Å²) in [7, 11) is 2.12. The number of hydrogen-bond acceptors (Lipinski definition) is 2. The summed E-state index contributed by atoms with van der Waals surface area (Å²) in [5.74, 6) is -0.0231. The third-order valence-electron chi connectivity index (χ3n) is 2.20. The van der Waals surface area contributed by atoms with Crippen LogP contribution in [-0.2, 0) is 4.79 Å². The number of quaternary nitrogens is 1. The van der Waals surface area contributed by atoms with E-state index in [-0.39, 0.29) is 12.3 Å². The molecule has 0 radical (unpaired) electrons. The van der Waals surface area contributed by atoms with Crippen molar-refractivity contribution in [2.75, 3.05) is 33.2 Å². The van der Waals surface area contributed by atoms with Crippen LogP contribution in [0.2, 0.25) is 0 Å². The quantitative estimate of drug-likeness (QED) is 0.505. The number of nitrogens with zero attached hydrogens (tertiary/aromatic N) is 2. The van der Waals surface area contributed by atoms with E-state index in [1.54, 1.807) is 4.90 Å². The molecule has 0 aliphatic carbocycles. The van der Waals surface area contributed by atoms with Gasteiger partial charge in [0.1, 0.15) is 6.42 Å². The maximum atomic E-state index is 11.2. The van der Waals surface area contributed by atoms with Crippen LogP contribution >= 0.6 is 0 Å². The van der Waals surface area contributed by atoms with E-state index in [2.05, 4.69) is 7.05 Å². The van der Waals surface area contributed by atoms with Gasteiger partial charge in [0.15, 0.2) is 0 Å². The molecule has 1 aliphatic heterocycles. The number of carbonyl (C=O) groups excluding carboxylic acids is 1. The molecule has 66 valence electrons. The lowest BCUT2D eigenvalue weighted by Gasteiger charge is -2.29. The van der Waals surface area contributed by atoms with E-state index >= 15 is 0 Å². The van der Waals surface area contributed by atoms with Gasteiger partial charge >= 0.3 is 0 Å². The van der Waals surface area contributed by atoms with Crippen molar-refractivity contribution >= 4 is 5.91 Å². The molecule has 4 heteroatoms. The first-order valence-electron chi connectivity index (χ1n) is 4.20. The SMILES string of the molecule is C[NH+]1CCN(C(=O)CC#N)CC1. The second kappa shape index (κ2) is 4.07. The number of nitriles is 1. The van der Waals surface area contributed by atoms with Gasteiger partial charge in [0.05, 0.1) is 39.3 Å². The van der Waals surface area contributed by atoms with Gasteiger partial charge < -0.3 is 9.80 Å². The minimum absolute atomic E-state index is 0.0231. The number of piperazine rings is 1. The van der Waals surface area contributed by atoms with Crippen molar-refractivity contribution in [3.05, 3.63) is 0 Å². The molecule has 1 rings (SSSR count). The molecule has 0 aromatic heterocycles. The predicted molar refractivity (Wildman–Crippen MR) is 43.4 cm³/mol. The summed E-state index contributed by atoms with van der Waals surface area (Å²) in [6.45, 7) is 3.59. The van der Waals surface area contributed by atoms with Crippen LogP contribution in [0.1, 0.15) is 6.42 Å². The number of amides is 1. The molecule has 1 fully saturated rings. The molecular formula is C8H14N3O+. The Morgan fingerprint density at radius 3 is 2.67 bits per heavy atom. The highest BCUT2D eigenvalue weighted by atomic mass is 16.2. The largest absolute Gasteiger partial charge is 0.334 e. The highest BCUT2D eigenvalue weighted by Crippen LogP contribution is 1.93. The van der Waals surface area contributed by atoms with Crippen LogP contribution in [0.4, 0.5) is 0 Å². The minimum atomic E-state index is -0.0231. The fraction of sp³-hybridized carbons (Fsp3) is 0.750. The fourth-order valence-corrected chi connectivity index (χ4v) is 1.32. The van der Waals surface area contributed by atoms with Gasteiger partial charge in [-0.15, -0.1) is 0 Å². The van der Waals surface area contributed by atoms with Gasteiger partial charge in [-0.3, -0.25) is 4.79 Å². The first-order valence-corrected chi connectivity index (χ1v) is 4.20. The van der Waals surface area contributed by atoms with E-state index in [0.29, 0.717) is 0 Å². The van der Waals surface area contributed by atoms with Gasteiger partial charge in [-0.25, -0.2) is 0 Å². The first kappa shape index (κ1) is 9.01. The van der Waals surface area contributed by atoms with Gasteiger partial charge in [0, 0.05) is 0 Å². The number of carbonyl (C=O) groups is 1. The van der Waals surface area contributed by atoms with Crippen molar-refractivity contribution in [2.45, 2.75) is 6.42 Å². The molecule has 0 atom stereocenters. The third-order valence-corrected chi connectivity index (χ3v) is 2.20. The molecule has 1 N–H and O–H groups in total. The van der Waals surface area contributed by atoms with Crippen molar-refractivity contribution in [3.8, 4) is 6.07 Å². The molecule has 1 heterocycles. The Balaban J connectivity index is 2.35. The summed E-state index contributed by atoms with van der Waals surface area (Å²) in [6.07, 6.45) is 0.0268. The van der Waals surface area contributed by atoms with E-state index in [1.807, 2.05) is 6.07 Å². The molecule has 0 aromatic rings. The summed E-state index contributed by atoms with van der Waals surface area (Å²) >= 11 is 0. The first-order chi connectivity index (χ1) is 5.74. The molecule has 0 saturated carbocycles. The van der Waals surface area contributed by atoms with Crippen LogP contribution in [0, 0.1) is 11.3 Å². The molecular weight excluding hydrogens is 154 g/mol. The number of rotatable bonds is 1. The highest BCUT2D eigenvalue weighted by Gasteiger charge is 2.20. The average Bonchev–Trinajstić information content (AvgIpc) is 2.06. The van der Waals surface area contributed by atoms with Gasteiger partial charge in [0.25, 0.3) is 0 Å². The van der Waals surface area contributed by atoms with E-state index in [0.717, 1.165) is 26.2 Å². The summed E-state index contributed by atoms with van der Waals surface area (Å²) in [5, 5.41) is 8.32. The molecule has 0 unspecified atom stereocenters. The van der Waals surface area contributed by atoms with Crippen molar-refractivity contribution in [1.29, 1.82) is 5.26 Å². The monoisotopic (exact) mass is 168 g/mol. The Hall–Kier alpha value is -1.08. The van der Waals surface area contributed by atoms with Crippen LogP contribution in [-0.4, -0.2) is 44.0 Å². The van der Waals surface area contributed by atoms with Gasteiger partial charge in [-0.05, 0) is 0 Å². The molecule has 1 amide bonds. The highest BCUT2D eigenvalue weighted by molar-refractivity contribution is 5.78. The van der Waals surface area contributed by atoms with Crippen LogP contribution in [0.3, 0.4) is 0 Å². The van der Waals surface area contributed by atoms with E-state index in [1.165, 1.54) is 4.90 Å². The second-order valence-electron chi connectivity index (χ2n) is 3.17. The van der Waals surface area contributed by atoms with Crippen LogP contribution < -0.4 is 4.90 Å². The summed E-state index contributed by atoms with van der Waals surface area (Å²) in [6, 6.07) is 1.88. The molecule has 12 heavy (non-hydrogen) atoms. The average molecular weight is 168 g/mol. The normalized spacial score (nSPS) is 18.8. The van der Waals surface area contributed by atoms with Crippen molar-refractivity contribution in [1.82, 2.24) is 4.90 Å². The molecule has 1 aliphatic rings. The maximum absolute atomic E-state index is 11.2. The molecule has 1 saturated heterocycles. The minimum Gasteiger partial charge on any atom is -0.334 e. The topological polar surface area (TPSA) is 48.5 Å². The summed E-state index contributed by atoms with van der Waals surface area (Å²) < 4.78 is 0. The van der Waals surface area contributed by atoms with Crippen LogP contribution in [0.5, 0.6) is 0 Å².